The van der Waals surface area contributed by atoms with E-state index in [0.717, 1.165) is 5.56 Å². The molecule has 0 unspecified atom stereocenters. The van der Waals surface area contributed by atoms with Gasteiger partial charge in [-0.3, -0.25) is 14.7 Å². The van der Waals surface area contributed by atoms with Crippen molar-refractivity contribution in [2.75, 3.05) is 14.2 Å². The molecule has 1 aromatic heterocycles. The van der Waals surface area contributed by atoms with Crippen LogP contribution in [0.15, 0.2) is 58.4 Å². The molecule has 0 atom stereocenters. The molecule has 0 saturated heterocycles. The first-order valence-corrected chi connectivity index (χ1v) is 10.3. The molecule has 3 aromatic rings. The highest BCUT2D eigenvalue weighted by molar-refractivity contribution is 6.04. The number of amides is 1. The van der Waals surface area contributed by atoms with Gasteiger partial charge < -0.3 is 9.47 Å². The van der Waals surface area contributed by atoms with Crippen LogP contribution in [-0.4, -0.2) is 35.6 Å². The van der Waals surface area contributed by atoms with Crippen molar-refractivity contribution in [3.05, 3.63) is 64.4 Å². The first kappa shape index (κ1) is 22.9. The summed E-state index contributed by atoms with van der Waals surface area (Å²) in [5.41, 5.74) is 5.07. The van der Waals surface area contributed by atoms with E-state index in [9.17, 15) is 9.59 Å². The first-order valence-electron chi connectivity index (χ1n) is 10.3. The summed E-state index contributed by atoms with van der Waals surface area (Å²) in [6.07, 6.45) is 0.353. The summed E-state index contributed by atoms with van der Waals surface area (Å²) in [5.74, 6) is 1.41. The average Bonchev–Trinajstić information content (AvgIpc) is 3.14. The molecule has 0 radical (unpaired) electrons. The number of ether oxygens (including phenoxy) is 2. The largest absolute Gasteiger partial charge is 0.497 e. The number of nitrogens with one attached hydrogen (secondary N) is 2. The number of carbonyl (C=O) groups excluding carboxylic acids is 1. The Hall–Kier alpha value is -3.81. The van der Waals surface area contributed by atoms with Gasteiger partial charge in [0.15, 0.2) is 0 Å². The van der Waals surface area contributed by atoms with E-state index >= 15 is 0 Å². The number of nitrogens with zero attached hydrogens (tertiary/aromatic N) is 2. The molecule has 0 aliphatic rings. The Balaban J connectivity index is 2.08. The van der Waals surface area contributed by atoms with Crippen molar-refractivity contribution in [2.24, 2.45) is 11.0 Å². The standard InChI is InChI=1S/C24H28N4O4/c1-15(2)14-21(29)26-25-16(3)22-23(17-6-10-19(31-4)11-7-17)27-28(24(22)30)18-8-12-20(32-5)13-9-18/h6-13,15,27H,14H2,1-5H3,(H,26,29). The van der Waals surface area contributed by atoms with E-state index in [0.29, 0.717) is 40.6 Å². The molecule has 1 amide bonds. The van der Waals surface area contributed by atoms with Gasteiger partial charge in [0.05, 0.1) is 36.9 Å². The topological polar surface area (TPSA) is 97.7 Å². The van der Waals surface area contributed by atoms with Crippen LogP contribution < -0.4 is 20.5 Å². The predicted octanol–water partition coefficient (Wildman–Crippen LogP) is 3.74. The maximum Gasteiger partial charge on any atom is 0.281 e. The second kappa shape index (κ2) is 10.00. The van der Waals surface area contributed by atoms with E-state index in [1.165, 1.54) is 4.68 Å². The maximum absolute atomic E-state index is 13.4. The summed E-state index contributed by atoms with van der Waals surface area (Å²) in [5, 5.41) is 7.39. The van der Waals surface area contributed by atoms with E-state index in [1.54, 1.807) is 45.4 Å². The molecule has 2 N–H and O–H groups in total. The van der Waals surface area contributed by atoms with Crippen LogP contribution in [0.25, 0.3) is 16.9 Å². The van der Waals surface area contributed by atoms with Gasteiger partial charge in [0.2, 0.25) is 5.91 Å². The Morgan fingerprint density at radius 3 is 2.12 bits per heavy atom. The highest BCUT2D eigenvalue weighted by atomic mass is 16.5. The van der Waals surface area contributed by atoms with E-state index in [-0.39, 0.29) is 17.4 Å². The molecule has 0 aliphatic carbocycles. The van der Waals surface area contributed by atoms with Crippen LogP contribution >= 0.6 is 0 Å². The van der Waals surface area contributed by atoms with Gasteiger partial charge in [0.1, 0.15) is 11.5 Å². The van der Waals surface area contributed by atoms with Gasteiger partial charge in [-0.25, -0.2) is 10.1 Å². The number of methoxy groups -OCH3 is 2. The van der Waals surface area contributed by atoms with Crippen LogP contribution in [0.3, 0.4) is 0 Å². The quantitative estimate of drug-likeness (QED) is 0.415. The van der Waals surface area contributed by atoms with Crippen molar-refractivity contribution in [1.29, 1.82) is 0 Å². The molecule has 0 fully saturated rings. The number of hydrazone groups is 1. The van der Waals surface area contributed by atoms with Crippen molar-refractivity contribution >= 4 is 11.6 Å². The molecular formula is C24H28N4O4. The number of rotatable bonds is 8. The van der Waals surface area contributed by atoms with Crippen LogP contribution in [0, 0.1) is 5.92 Å². The Kier molecular flexibility index (Phi) is 7.14. The summed E-state index contributed by atoms with van der Waals surface area (Å²) >= 11 is 0. The van der Waals surface area contributed by atoms with Crippen molar-refractivity contribution in [1.82, 2.24) is 15.2 Å². The van der Waals surface area contributed by atoms with Crippen molar-refractivity contribution in [2.45, 2.75) is 27.2 Å². The third-order valence-corrected chi connectivity index (χ3v) is 4.90. The molecule has 2 aromatic carbocycles. The molecule has 0 aliphatic heterocycles. The molecular weight excluding hydrogens is 408 g/mol. The van der Waals surface area contributed by atoms with Gasteiger partial charge in [-0.1, -0.05) is 13.8 Å². The van der Waals surface area contributed by atoms with Gasteiger partial charge in [0.25, 0.3) is 5.56 Å². The molecule has 8 nitrogen and oxygen atoms in total. The number of hydrogen-bond donors (Lipinski definition) is 2. The normalized spacial score (nSPS) is 11.5. The Morgan fingerprint density at radius 1 is 1.03 bits per heavy atom. The van der Waals surface area contributed by atoms with Crippen LogP contribution in [-0.2, 0) is 4.79 Å². The fraction of sp³-hybridized carbons (Fsp3) is 0.292. The molecule has 1 heterocycles. The lowest BCUT2D eigenvalue weighted by molar-refractivity contribution is -0.121. The van der Waals surface area contributed by atoms with E-state index in [4.69, 9.17) is 9.47 Å². The summed E-state index contributed by atoms with van der Waals surface area (Å²) in [6.45, 7) is 5.61. The lowest BCUT2D eigenvalue weighted by Gasteiger charge is -2.06. The smallest absolute Gasteiger partial charge is 0.281 e. The number of benzene rings is 2. The number of hydrogen-bond acceptors (Lipinski definition) is 5. The van der Waals surface area contributed by atoms with Crippen molar-refractivity contribution in [3.63, 3.8) is 0 Å². The number of aromatic amines is 1. The average molecular weight is 437 g/mol. The van der Waals surface area contributed by atoms with Gasteiger partial charge in [0, 0.05) is 12.0 Å². The molecule has 0 saturated carbocycles. The summed E-state index contributed by atoms with van der Waals surface area (Å²) in [4.78, 5) is 25.4. The molecule has 168 valence electrons. The Labute approximate surface area is 186 Å². The lowest BCUT2D eigenvalue weighted by atomic mass is 10.1. The molecule has 32 heavy (non-hydrogen) atoms. The maximum atomic E-state index is 13.4. The van der Waals surface area contributed by atoms with Crippen LogP contribution in [0.2, 0.25) is 0 Å². The van der Waals surface area contributed by atoms with Gasteiger partial charge >= 0.3 is 0 Å². The zero-order valence-corrected chi connectivity index (χ0v) is 18.9. The number of aromatic nitrogens is 2. The third-order valence-electron chi connectivity index (χ3n) is 4.90. The Morgan fingerprint density at radius 2 is 1.59 bits per heavy atom. The van der Waals surface area contributed by atoms with Gasteiger partial charge in [-0.2, -0.15) is 5.10 Å². The van der Waals surface area contributed by atoms with E-state index in [1.807, 2.05) is 38.1 Å². The lowest BCUT2D eigenvalue weighted by Crippen LogP contribution is -2.24. The van der Waals surface area contributed by atoms with Gasteiger partial charge in [-0.15, -0.1) is 0 Å². The highest BCUT2D eigenvalue weighted by Crippen LogP contribution is 2.24. The van der Waals surface area contributed by atoms with Crippen LogP contribution in [0.4, 0.5) is 0 Å². The molecule has 8 heteroatoms. The monoisotopic (exact) mass is 436 g/mol. The molecule has 0 bridgehead atoms. The van der Waals surface area contributed by atoms with Crippen LogP contribution in [0.1, 0.15) is 32.8 Å². The summed E-state index contributed by atoms with van der Waals surface area (Å²) < 4.78 is 11.9. The van der Waals surface area contributed by atoms with Crippen LogP contribution in [0.5, 0.6) is 11.5 Å². The fourth-order valence-corrected chi connectivity index (χ4v) is 3.27. The minimum absolute atomic E-state index is 0.198. The minimum atomic E-state index is -0.277. The fourth-order valence-electron chi connectivity index (χ4n) is 3.27. The SMILES string of the molecule is COc1ccc(-c2[nH]n(-c3ccc(OC)cc3)c(=O)c2C(C)=NNC(=O)CC(C)C)cc1. The Bertz CT molecular complexity index is 1160. The molecule has 0 spiro atoms. The summed E-state index contributed by atoms with van der Waals surface area (Å²) in [6, 6.07) is 14.5. The summed E-state index contributed by atoms with van der Waals surface area (Å²) in [7, 11) is 3.18. The highest BCUT2D eigenvalue weighted by Gasteiger charge is 2.20. The van der Waals surface area contributed by atoms with Crippen molar-refractivity contribution in [3.8, 4) is 28.4 Å². The van der Waals surface area contributed by atoms with E-state index < -0.39 is 0 Å². The number of carbonyl (C=O) groups is 1. The minimum Gasteiger partial charge on any atom is -0.497 e. The zero-order chi connectivity index (χ0) is 23.3. The molecule has 3 rings (SSSR count). The number of H-pyrrole nitrogens is 1. The van der Waals surface area contributed by atoms with Gasteiger partial charge in [-0.05, 0) is 61.4 Å². The third kappa shape index (κ3) is 5.08. The van der Waals surface area contributed by atoms with Crippen molar-refractivity contribution < 1.29 is 14.3 Å². The van der Waals surface area contributed by atoms with E-state index in [2.05, 4.69) is 15.6 Å². The zero-order valence-electron chi connectivity index (χ0n) is 18.9. The first-order chi connectivity index (χ1) is 15.3. The second-order valence-electron chi connectivity index (χ2n) is 7.76. The predicted molar refractivity (Wildman–Crippen MR) is 125 cm³/mol. The second-order valence-corrected chi connectivity index (χ2v) is 7.76.